The van der Waals surface area contributed by atoms with Crippen LogP contribution in [0.2, 0.25) is 0 Å². The van der Waals surface area contributed by atoms with E-state index in [0.717, 1.165) is 22.4 Å². The Hall–Kier alpha value is -3.66. The van der Waals surface area contributed by atoms with Crippen molar-refractivity contribution in [3.63, 3.8) is 0 Å². The van der Waals surface area contributed by atoms with Crippen molar-refractivity contribution in [2.24, 2.45) is 0 Å². The van der Waals surface area contributed by atoms with E-state index in [4.69, 9.17) is 0 Å². The molecule has 0 radical (unpaired) electrons. The van der Waals surface area contributed by atoms with Crippen LogP contribution in [0.5, 0.6) is 0 Å². The van der Waals surface area contributed by atoms with Crippen molar-refractivity contribution in [1.29, 1.82) is 0 Å². The molecule has 3 aromatic rings. The highest BCUT2D eigenvalue weighted by Gasteiger charge is 2.14. The summed E-state index contributed by atoms with van der Waals surface area (Å²) in [6.07, 6.45) is 3.74. The first-order valence-corrected chi connectivity index (χ1v) is 10.5. The van der Waals surface area contributed by atoms with Crippen LogP contribution in [0.4, 0.5) is 5.69 Å². The summed E-state index contributed by atoms with van der Waals surface area (Å²) in [5, 5.41) is 2.90. The number of anilines is 1. The molecule has 3 rings (SSSR count). The number of amides is 2. The van der Waals surface area contributed by atoms with Gasteiger partial charge < -0.3 is 10.2 Å². The zero-order valence-corrected chi connectivity index (χ0v) is 18.0. The third kappa shape index (κ3) is 6.96. The van der Waals surface area contributed by atoms with Crippen molar-refractivity contribution >= 4 is 23.6 Å². The summed E-state index contributed by atoms with van der Waals surface area (Å²) in [7, 11) is 0. The quantitative estimate of drug-likeness (QED) is 0.529. The van der Waals surface area contributed by atoms with E-state index < -0.39 is 0 Å². The van der Waals surface area contributed by atoms with E-state index in [-0.39, 0.29) is 17.9 Å². The Morgan fingerprint density at radius 3 is 2.06 bits per heavy atom. The van der Waals surface area contributed by atoms with Gasteiger partial charge in [-0.05, 0) is 48.7 Å². The number of benzene rings is 3. The van der Waals surface area contributed by atoms with Crippen LogP contribution in [-0.4, -0.2) is 17.9 Å². The van der Waals surface area contributed by atoms with Crippen LogP contribution in [0, 0.1) is 0 Å². The summed E-state index contributed by atoms with van der Waals surface area (Å²) < 4.78 is 0. The van der Waals surface area contributed by atoms with Crippen LogP contribution < -0.4 is 10.2 Å². The van der Waals surface area contributed by atoms with E-state index in [1.54, 1.807) is 11.0 Å². The van der Waals surface area contributed by atoms with E-state index in [9.17, 15) is 9.59 Å². The standard InChI is InChI=1S/C27H28N2O2/c1-21(2)28-26(30)19-23-13-16-25(17-14-23)29(20-24-11-7-4-8-12-24)27(31)18-15-22-9-5-3-6-10-22/h3-18,21H,19-20H2,1-2H3,(H,28,30). The zero-order valence-electron chi connectivity index (χ0n) is 18.0. The lowest BCUT2D eigenvalue weighted by Crippen LogP contribution is -2.31. The summed E-state index contributed by atoms with van der Waals surface area (Å²) in [5.74, 6) is -0.108. The summed E-state index contributed by atoms with van der Waals surface area (Å²) in [6.45, 7) is 4.35. The number of hydrogen-bond acceptors (Lipinski definition) is 2. The molecule has 0 unspecified atom stereocenters. The molecule has 0 bridgehead atoms. The number of hydrogen-bond donors (Lipinski definition) is 1. The van der Waals surface area contributed by atoms with Crippen molar-refractivity contribution < 1.29 is 9.59 Å². The van der Waals surface area contributed by atoms with Gasteiger partial charge in [0.1, 0.15) is 0 Å². The van der Waals surface area contributed by atoms with Crippen LogP contribution in [0.25, 0.3) is 6.08 Å². The maximum atomic E-state index is 13.1. The van der Waals surface area contributed by atoms with Gasteiger partial charge in [-0.15, -0.1) is 0 Å². The minimum absolute atomic E-state index is 0.00855. The van der Waals surface area contributed by atoms with Crippen molar-refractivity contribution in [2.75, 3.05) is 4.90 Å². The fourth-order valence-corrected chi connectivity index (χ4v) is 3.24. The SMILES string of the molecule is CC(C)NC(=O)Cc1ccc(N(Cc2ccccc2)C(=O)C=Cc2ccccc2)cc1. The molecule has 158 valence electrons. The van der Waals surface area contributed by atoms with Gasteiger partial charge in [-0.1, -0.05) is 72.8 Å². The second kappa shape index (κ2) is 10.9. The Morgan fingerprint density at radius 1 is 0.839 bits per heavy atom. The van der Waals surface area contributed by atoms with Crippen molar-refractivity contribution in [3.05, 3.63) is 108 Å². The maximum Gasteiger partial charge on any atom is 0.251 e. The first-order chi connectivity index (χ1) is 15.0. The lowest BCUT2D eigenvalue weighted by molar-refractivity contribution is -0.121. The molecule has 3 aromatic carbocycles. The van der Waals surface area contributed by atoms with Crippen molar-refractivity contribution in [2.45, 2.75) is 32.9 Å². The van der Waals surface area contributed by atoms with Gasteiger partial charge in [-0.3, -0.25) is 9.59 Å². The molecule has 0 saturated heterocycles. The van der Waals surface area contributed by atoms with E-state index in [1.807, 2.05) is 105 Å². The first-order valence-electron chi connectivity index (χ1n) is 10.5. The lowest BCUT2D eigenvalue weighted by Gasteiger charge is -2.22. The number of nitrogens with one attached hydrogen (secondary N) is 1. The molecule has 0 heterocycles. The molecular formula is C27H28N2O2. The second-order valence-electron chi connectivity index (χ2n) is 7.72. The van der Waals surface area contributed by atoms with Gasteiger partial charge in [0.05, 0.1) is 13.0 Å². The molecule has 4 heteroatoms. The molecule has 0 atom stereocenters. The molecule has 0 aliphatic rings. The van der Waals surface area contributed by atoms with Crippen molar-refractivity contribution in [3.8, 4) is 0 Å². The minimum Gasteiger partial charge on any atom is -0.354 e. The summed E-state index contributed by atoms with van der Waals surface area (Å²) in [6, 6.07) is 27.4. The van der Waals surface area contributed by atoms with Gasteiger partial charge >= 0.3 is 0 Å². The Balaban J connectivity index is 1.79. The minimum atomic E-state index is -0.0991. The fourth-order valence-electron chi connectivity index (χ4n) is 3.24. The van der Waals surface area contributed by atoms with Crippen LogP contribution in [0.3, 0.4) is 0 Å². The highest BCUT2D eigenvalue weighted by molar-refractivity contribution is 6.03. The van der Waals surface area contributed by atoms with Crippen LogP contribution >= 0.6 is 0 Å². The Kier molecular flexibility index (Phi) is 7.77. The average molecular weight is 413 g/mol. The molecule has 0 saturated carbocycles. The number of carbonyl (C=O) groups is 2. The zero-order chi connectivity index (χ0) is 22.1. The fraction of sp³-hybridized carbons (Fsp3) is 0.185. The van der Waals surface area contributed by atoms with Gasteiger partial charge in [0.15, 0.2) is 0 Å². The number of rotatable bonds is 8. The molecule has 31 heavy (non-hydrogen) atoms. The molecule has 0 aromatic heterocycles. The lowest BCUT2D eigenvalue weighted by atomic mass is 10.1. The molecule has 0 aliphatic heterocycles. The van der Waals surface area contributed by atoms with Crippen LogP contribution in [0.1, 0.15) is 30.5 Å². The number of nitrogens with zero attached hydrogens (tertiary/aromatic N) is 1. The third-order valence-corrected chi connectivity index (χ3v) is 4.73. The molecule has 0 aliphatic carbocycles. The molecule has 0 spiro atoms. The molecular weight excluding hydrogens is 384 g/mol. The largest absolute Gasteiger partial charge is 0.354 e. The highest BCUT2D eigenvalue weighted by atomic mass is 16.2. The molecule has 1 N–H and O–H groups in total. The van der Waals surface area contributed by atoms with Gasteiger partial charge in [-0.25, -0.2) is 0 Å². The predicted octanol–water partition coefficient (Wildman–Crippen LogP) is 5.00. The summed E-state index contributed by atoms with van der Waals surface area (Å²) in [5.41, 5.74) is 3.72. The van der Waals surface area contributed by atoms with E-state index in [2.05, 4.69) is 5.32 Å². The maximum absolute atomic E-state index is 13.1. The summed E-state index contributed by atoms with van der Waals surface area (Å²) >= 11 is 0. The molecule has 0 fully saturated rings. The predicted molar refractivity (Wildman–Crippen MR) is 127 cm³/mol. The first kappa shape index (κ1) is 22.0. The monoisotopic (exact) mass is 412 g/mol. The van der Waals surface area contributed by atoms with Gasteiger partial charge in [0, 0.05) is 17.8 Å². The smallest absolute Gasteiger partial charge is 0.251 e. The Labute approximate surface area is 184 Å². The third-order valence-electron chi connectivity index (χ3n) is 4.73. The average Bonchev–Trinajstić information content (AvgIpc) is 2.77. The van der Waals surface area contributed by atoms with Crippen LogP contribution in [0.15, 0.2) is 91.0 Å². The van der Waals surface area contributed by atoms with Gasteiger partial charge in [-0.2, -0.15) is 0 Å². The normalized spacial score (nSPS) is 10.9. The van der Waals surface area contributed by atoms with Gasteiger partial charge in [0.2, 0.25) is 5.91 Å². The van der Waals surface area contributed by atoms with Crippen LogP contribution in [-0.2, 0) is 22.6 Å². The van der Waals surface area contributed by atoms with E-state index in [0.29, 0.717) is 13.0 Å². The van der Waals surface area contributed by atoms with E-state index >= 15 is 0 Å². The topological polar surface area (TPSA) is 49.4 Å². The highest BCUT2D eigenvalue weighted by Crippen LogP contribution is 2.20. The Bertz CT molecular complexity index is 1010. The number of carbonyl (C=O) groups excluding carboxylic acids is 2. The van der Waals surface area contributed by atoms with Gasteiger partial charge in [0.25, 0.3) is 5.91 Å². The Morgan fingerprint density at radius 2 is 1.45 bits per heavy atom. The molecule has 4 nitrogen and oxygen atoms in total. The second-order valence-corrected chi connectivity index (χ2v) is 7.72. The van der Waals surface area contributed by atoms with E-state index in [1.165, 1.54) is 0 Å². The summed E-state index contributed by atoms with van der Waals surface area (Å²) in [4.78, 5) is 26.8. The molecule has 2 amide bonds. The van der Waals surface area contributed by atoms with Crippen molar-refractivity contribution in [1.82, 2.24) is 5.32 Å².